The van der Waals surface area contributed by atoms with Crippen molar-refractivity contribution in [2.75, 3.05) is 13.1 Å². The maximum absolute atomic E-state index is 13.5. The number of primary amides is 2. The van der Waals surface area contributed by atoms with Crippen molar-refractivity contribution >= 4 is 59.1 Å². The van der Waals surface area contributed by atoms with Gasteiger partial charge in [0.05, 0.1) is 19.5 Å². The number of carbonyl (C=O) groups is 10. The lowest BCUT2D eigenvalue weighted by atomic mass is 9.95. The Bertz CT molecular complexity index is 1650. The second-order valence-electron chi connectivity index (χ2n) is 13.9. The van der Waals surface area contributed by atoms with Gasteiger partial charge in [-0.3, -0.25) is 43.2 Å². The van der Waals surface area contributed by atoms with Crippen molar-refractivity contribution in [1.29, 1.82) is 0 Å². The van der Waals surface area contributed by atoms with Gasteiger partial charge in [0.2, 0.25) is 53.2 Å². The summed E-state index contributed by atoms with van der Waals surface area (Å²) in [6.45, 7) is 8.87. The van der Waals surface area contributed by atoms with E-state index in [0.29, 0.717) is 18.1 Å². The first-order valence-electron chi connectivity index (χ1n) is 18.2. The van der Waals surface area contributed by atoms with Crippen molar-refractivity contribution in [2.45, 2.75) is 91.0 Å². The Balaban J connectivity index is 2.84. The summed E-state index contributed by atoms with van der Waals surface area (Å²) in [4.78, 5) is 125. The van der Waals surface area contributed by atoms with Crippen molar-refractivity contribution in [3.63, 3.8) is 0 Å². The lowest BCUT2D eigenvalue weighted by Gasteiger charge is -2.30. The van der Waals surface area contributed by atoms with E-state index < -0.39 is 121 Å². The number of nitrogens with one attached hydrogen (secondary N) is 7. The Kier molecular flexibility index (Phi) is 20.7. The highest BCUT2D eigenvalue weighted by Crippen LogP contribution is 2.12. The molecule has 1 aromatic rings. The van der Waals surface area contributed by atoms with Gasteiger partial charge in [0.25, 0.3) is 0 Å². The second kappa shape index (κ2) is 24.2. The third-order valence-electron chi connectivity index (χ3n) is 8.52. The number of benzene rings is 1. The van der Waals surface area contributed by atoms with E-state index in [9.17, 15) is 53.1 Å². The summed E-state index contributed by atoms with van der Waals surface area (Å²) in [5, 5.41) is 26.0. The summed E-state index contributed by atoms with van der Waals surface area (Å²) in [5.74, 6) is -10.3. The highest BCUT2D eigenvalue weighted by molar-refractivity contribution is 6.01. The first kappa shape index (κ1) is 48.7. The van der Waals surface area contributed by atoms with E-state index >= 15 is 0 Å². The van der Waals surface area contributed by atoms with Gasteiger partial charge < -0.3 is 53.8 Å². The minimum atomic E-state index is -1.60. The van der Waals surface area contributed by atoms with Gasteiger partial charge in [0.1, 0.15) is 30.2 Å². The van der Waals surface area contributed by atoms with Gasteiger partial charge in [-0.2, -0.15) is 0 Å². The minimum Gasteiger partial charge on any atom is -0.480 e. The molecule has 0 radical (unpaired) electrons. The molecule has 0 aliphatic rings. The maximum Gasteiger partial charge on any atom is 0.326 e. The predicted molar refractivity (Wildman–Crippen MR) is 205 cm³/mol. The molecule has 0 saturated carbocycles. The van der Waals surface area contributed by atoms with Crippen LogP contribution in [0.15, 0.2) is 42.5 Å². The lowest BCUT2D eigenvalue weighted by Crippen LogP contribution is -2.61. The molecule has 314 valence electrons. The number of rotatable bonds is 24. The SMILES string of the molecule is CCC(C)C(NC(=O)C(CC(N)=O)NC(=O)C=CC(=O)NCC(=O)NCC(=O)NC(Cc1ccccc1)C(=O)O)C(=O)NC(C(=O)NC(C(N)=O)C(C)C)C(C)C. The van der Waals surface area contributed by atoms with Crippen LogP contribution < -0.4 is 48.7 Å². The number of amides is 9. The molecular formula is C37H55N9O11. The van der Waals surface area contributed by atoms with Crippen LogP contribution in [0.25, 0.3) is 0 Å². The molecule has 0 aromatic heterocycles. The summed E-state index contributed by atoms with van der Waals surface area (Å²) >= 11 is 0. The molecule has 57 heavy (non-hydrogen) atoms. The van der Waals surface area contributed by atoms with Crippen molar-refractivity contribution in [3.05, 3.63) is 48.0 Å². The van der Waals surface area contributed by atoms with Gasteiger partial charge >= 0.3 is 5.97 Å². The zero-order chi connectivity index (χ0) is 43.4. The third kappa shape index (κ3) is 18.2. The lowest BCUT2D eigenvalue weighted by molar-refractivity contribution is -0.141. The monoisotopic (exact) mass is 801 g/mol. The van der Waals surface area contributed by atoms with Crippen LogP contribution in [0, 0.1) is 17.8 Å². The number of carboxylic acid groups (broad SMARTS) is 1. The molecule has 0 heterocycles. The molecule has 6 atom stereocenters. The number of aliphatic carboxylic acids is 1. The average Bonchev–Trinajstić information content (AvgIpc) is 3.14. The van der Waals surface area contributed by atoms with Crippen molar-refractivity contribution < 1.29 is 53.1 Å². The molecule has 6 unspecified atom stereocenters. The smallest absolute Gasteiger partial charge is 0.326 e. The molecule has 20 nitrogen and oxygen atoms in total. The number of hydrogen-bond donors (Lipinski definition) is 10. The Hall–Kier alpha value is -6.34. The van der Waals surface area contributed by atoms with Crippen LogP contribution in [0.3, 0.4) is 0 Å². The molecule has 1 rings (SSSR count). The molecule has 20 heteroatoms. The molecule has 9 amide bonds. The van der Waals surface area contributed by atoms with Crippen molar-refractivity contribution in [3.8, 4) is 0 Å². The maximum atomic E-state index is 13.5. The number of carboxylic acids is 1. The molecule has 0 fully saturated rings. The van der Waals surface area contributed by atoms with E-state index in [0.717, 1.165) is 6.08 Å². The Morgan fingerprint density at radius 1 is 0.632 bits per heavy atom. The fourth-order valence-corrected chi connectivity index (χ4v) is 5.09. The van der Waals surface area contributed by atoms with Crippen LogP contribution in [0.5, 0.6) is 0 Å². The van der Waals surface area contributed by atoms with Crippen LogP contribution in [-0.2, 0) is 54.4 Å². The average molecular weight is 802 g/mol. The Morgan fingerprint density at radius 3 is 1.68 bits per heavy atom. The number of carbonyl (C=O) groups excluding carboxylic acids is 9. The molecule has 12 N–H and O–H groups in total. The quantitative estimate of drug-likeness (QED) is 0.0478. The van der Waals surface area contributed by atoms with Crippen molar-refractivity contribution in [1.82, 2.24) is 37.2 Å². The fraction of sp³-hybridized carbons (Fsp3) is 0.514. The Labute approximate surface area is 330 Å². The van der Waals surface area contributed by atoms with E-state index in [1.54, 1.807) is 71.9 Å². The van der Waals surface area contributed by atoms with Gasteiger partial charge in [-0.25, -0.2) is 4.79 Å². The van der Waals surface area contributed by atoms with Crippen LogP contribution in [0.1, 0.15) is 59.9 Å². The van der Waals surface area contributed by atoms with E-state index in [1.807, 2.05) is 0 Å². The predicted octanol–water partition coefficient (Wildman–Crippen LogP) is -2.75. The summed E-state index contributed by atoms with van der Waals surface area (Å²) < 4.78 is 0. The molecule has 0 spiro atoms. The molecule has 0 aliphatic heterocycles. The topological polar surface area (TPSA) is 327 Å². The van der Waals surface area contributed by atoms with E-state index in [1.165, 1.54) is 0 Å². The molecular weight excluding hydrogens is 746 g/mol. The molecule has 1 aromatic carbocycles. The van der Waals surface area contributed by atoms with Gasteiger partial charge in [0.15, 0.2) is 0 Å². The van der Waals surface area contributed by atoms with Gasteiger partial charge in [-0.1, -0.05) is 78.3 Å². The normalized spacial score (nSPS) is 14.2. The number of hydrogen-bond acceptors (Lipinski definition) is 10. The standard InChI is InChI=1S/C37H55N9O11/c1-7-21(6)32(36(55)45-31(20(4)5)35(54)44-30(19(2)3)33(39)52)46-34(53)23(16-25(38)47)42-27(49)14-13-26(48)40-17-28(50)41-18-29(51)43-24(37(56)57)15-22-11-9-8-10-12-22/h8-14,19-21,23-24,30-32H,7,15-18H2,1-6H3,(H2,38,47)(H2,39,52)(H,40,48)(H,41,50)(H,42,49)(H,43,51)(H,44,54)(H,45,55)(H,46,53)(H,56,57). The molecule has 0 bridgehead atoms. The fourth-order valence-electron chi connectivity index (χ4n) is 5.09. The second-order valence-corrected chi connectivity index (χ2v) is 13.9. The third-order valence-corrected chi connectivity index (χ3v) is 8.52. The Morgan fingerprint density at radius 2 is 1.16 bits per heavy atom. The zero-order valence-corrected chi connectivity index (χ0v) is 32.9. The number of nitrogens with two attached hydrogens (primary N) is 2. The molecule has 0 aliphatic carbocycles. The van der Waals surface area contributed by atoms with Crippen LogP contribution in [0.2, 0.25) is 0 Å². The van der Waals surface area contributed by atoms with E-state index in [4.69, 9.17) is 11.5 Å². The summed E-state index contributed by atoms with van der Waals surface area (Å²) in [5.41, 5.74) is 11.4. The summed E-state index contributed by atoms with van der Waals surface area (Å²) in [6, 6.07) is 2.33. The van der Waals surface area contributed by atoms with Crippen LogP contribution in [-0.4, -0.2) is 108 Å². The minimum absolute atomic E-state index is 0.0104. The highest BCUT2D eigenvalue weighted by Gasteiger charge is 2.35. The highest BCUT2D eigenvalue weighted by atomic mass is 16.4. The summed E-state index contributed by atoms with van der Waals surface area (Å²) in [6.07, 6.45) is 1.13. The first-order valence-corrected chi connectivity index (χ1v) is 18.2. The van der Waals surface area contributed by atoms with Gasteiger partial charge in [-0.05, 0) is 23.3 Å². The summed E-state index contributed by atoms with van der Waals surface area (Å²) in [7, 11) is 0. The van der Waals surface area contributed by atoms with Crippen molar-refractivity contribution in [2.24, 2.45) is 29.2 Å². The first-order chi connectivity index (χ1) is 26.7. The van der Waals surface area contributed by atoms with E-state index in [-0.39, 0.29) is 12.3 Å². The molecule has 0 saturated heterocycles. The van der Waals surface area contributed by atoms with Crippen LogP contribution in [0.4, 0.5) is 0 Å². The zero-order valence-electron chi connectivity index (χ0n) is 32.9. The van der Waals surface area contributed by atoms with Gasteiger partial charge in [-0.15, -0.1) is 0 Å². The largest absolute Gasteiger partial charge is 0.480 e. The van der Waals surface area contributed by atoms with Gasteiger partial charge in [0, 0.05) is 18.6 Å². The van der Waals surface area contributed by atoms with E-state index in [2.05, 4.69) is 37.2 Å². The van der Waals surface area contributed by atoms with Crippen LogP contribution >= 0.6 is 0 Å².